The fourth-order valence-electron chi connectivity index (χ4n) is 4.89. The summed E-state index contributed by atoms with van der Waals surface area (Å²) >= 11 is 6.13. The van der Waals surface area contributed by atoms with E-state index < -0.39 is 11.8 Å². The van der Waals surface area contributed by atoms with Gasteiger partial charge in [0.05, 0.1) is 6.04 Å². The molecule has 7 heteroatoms. The van der Waals surface area contributed by atoms with Gasteiger partial charge >= 0.3 is 11.8 Å². The average Bonchev–Trinajstić information content (AvgIpc) is 2.83. The smallest absolute Gasteiger partial charge is 0.313 e. The maximum absolute atomic E-state index is 12.7. The Balaban J connectivity index is 1.47. The zero-order chi connectivity index (χ0) is 23.4. The van der Waals surface area contributed by atoms with Crippen molar-refractivity contribution in [2.75, 3.05) is 43.4 Å². The zero-order valence-electron chi connectivity index (χ0n) is 19.5. The number of benzene rings is 2. The number of carbonyl (C=O) groups excluding carboxylic acids is 2. The summed E-state index contributed by atoms with van der Waals surface area (Å²) in [6, 6.07) is 12.0. The van der Waals surface area contributed by atoms with Crippen molar-refractivity contribution in [1.82, 2.24) is 10.2 Å². The van der Waals surface area contributed by atoms with Gasteiger partial charge in [-0.2, -0.15) is 0 Å². The number of hydrogen-bond donors (Lipinski definition) is 2. The molecule has 176 valence electrons. The fraction of sp³-hybridized carbons (Fsp3) is 0.462. The predicted octanol–water partition coefficient (Wildman–Crippen LogP) is 4.31. The van der Waals surface area contributed by atoms with Gasteiger partial charge in [-0.15, -0.1) is 0 Å². The van der Waals surface area contributed by atoms with Gasteiger partial charge in [0.1, 0.15) is 0 Å². The second-order valence-electron chi connectivity index (χ2n) is 9.10. The van der Waals surface area contributed by atoms with Gasteiger partial charge < -0.3 is 15.5 Å². The Morgan fingerprint density at radius 1 is 1.03 bits per heavy atom. The normalized spacial score (nSPS) is 17.2. The first-order valence-electron chi connectivity index (χ1n) is 11.9. The maximum Gasteiger partial charge on any atom is 0.313 e. The summed E-state index contributed by atoms with van der Waals surface area (Å²) in [6.45, 7) is 5.31. The lowest BCUT2D eigenvalue weighted by Crippen LogP contribution is -2.43. The molecule has 1 fully saturated rings. The molecule has 2 amide bonds. The van der Waals surface area contributed by atoms with E-state index in [1.54, 1.807) is 18.2 Å². The van der Waals surface area contributed by atoms with Crippen molar-refractivity contribution in [3.63, 3.8) is 0 Å². The fourth-order valence-corrected chi connectivity index (χ4v) is 5.07. The molecule has 2 heterocycles. The van der Waals surface area contributed by atoms with Crippen LogP contribution in [0.5, 0.6) is 0 Å². The Hall–Kier alpha value is -2.57. The number of nitrogens with one attached hydrogen (secondary N) is 2. The number of piperidine rings is 1. The SMILES string of the molecule is Cc1c(Cl)cccc1NC(=O)C(=O)NCC(c1ccc2c(c1)CCCN2C)N1CCCCC1. The molecule has 0 radical (unpaired) electrons. The summed E-state index contributed by atoms with van der Waals surface area (Å²) in [6.07, 6.45) is 5.79. The molecule has 0 bridgehead atoms. The quantitative estimate of drug-likeness (QED) is 0.642. The number of fused-ring (bicyclic) bond motifs is 1. The topological polar surface area (TPSA) is 64.7 Å². The highest BCUT2D eigenvalue weighted by Crippen LogP contribution is 2.31. The highest BCUT2D eigenvalue weighted by Gasteiger charge is 2.26. The van der Waals surface area contributed by atoms with Crippen LogP contribution in [-0.4, -0.2) is 49.9 Å². The van der Waals surface area contributed by atoms with Crippen molar-refractivity contribution in [1.29, 1.82) is 0 Å². The number of nitrogens with zero attached hydrogens (tertiary/aromatic N) is 2. The Morgan fingerprint density at radius 3 is 2.61 bits per heavy atom. The van der Waals surface area contributed by atoms with Gasteiger partial charge in [-0.3, -0.25) is 14.5 Å². The number of amides is 2. The van der Waals surface area contributed by atoms with Crippen LogP contribution in [0.3, 0.4) is 0 Å². The molecule has 1 saturated heterocycles. The molecule has 2 aliphatic heterocycles. The molecule has 2 aromatic carbocycles. The molecule has 2 N–H and O–H groups in total. The lowest BCUT2D eigenvalue weighted by molar-refractivity contribution is -0.136. The molecule has 2 aliphatic rings. The molecule has 0 saturated carbocycles. The molecule has 0 aromatic heterocycles. The predicted molar refractivity (Wildman–Crippen MR) is 134 cm³/mol. The molecule has 4 rings (SSSR count). The van der Waals surface area contributed by atoms with Crippen molar-refractivity contribution >= 4 is 34.8 Å². The summed E-state index contributed by atoms with van der Waals surface area (Å²) in [7, 11) is 2.14. The second-order valence-corrected chi connectivity index (χ2v) is 9.51. The number of likely N-dealkylation sites (tertiary alicyclic amines) is 1. The summed E-state index contributed by atoms with van der Waals surface area (Å²) in [5.74, 6) is -1.31. The van der Waals surface area contributed by atoms with E-state index in [1.807, 2.05) is 6.92 Å². The monoisotopic (exact) mass is 468 g/mol. The van der Waals surface area contributed by atoms with E-state index in [2.05, 4.69) is 45.7 Å². The van der Waals surface area contributed by atoms with Gasteiger partial charge in [0.2, 0.25) is 0 Å². The van der Waals surface area contributed by atoms with Crippen molar-refractivity contribution < 1.29 is 9.59 Å². The van der Waals surface area contributed by atoms with Crippen LogP contribution in [0.1, 0.15) is 48.4 Å². The maximum atomic E-state index is 12.7. The van der Waals surface area contributed by atoms with E-state index in [9.17, 15) is 9.59 Å². The molecule has 33 heavy (non-hydrogen) atoms. The molecule has 2 aromatic rings. The van der Waals surface area contributed by atoms with Crippen LogP contribution < -0.4 is 15.5 Å². The largest absolute Gasteiger partial charge is 0.374 e. The number of carbonyl (C=O) groups is 2. The van der Waals surface area contributed by atoms with Crippen LogP contribution in [0.2, 0.25) is 5.02 Å². The van der Waals surface area contributed by atoms with Crippen LogP contribution in [0.25, 0.3) is 0 Å². The van der Waals surface area contributed by atoms with E-state index in [0.717, 1.165) is 50.9 Å². The lowest BCUT2D eigenvalue weighted by Gasteiger charge is -2.36. The second kappa shape index (κ2) is 10.6. The van der Waals surface area contributed by atoms with Crippen LogP contribution >= 0.6 is 11.6 Å². The number of halogens is 1. The molecule has 0 spiro atoms. The minimum absolute atomic E-state index is 0.0486. The Kier molecular flexibility index (Phi) is 7.56. The van der Waals surface area contributed by atoms with E-state index in [4.69, 9.17) is 11.6 Å². The highest BCUT2D eigenvalue weighted by atomic mass is 35.5. The third-order valence-electron chi connectivity index (χ3n) is 6.85. The minimum atomic E-state index is -0.676. The summed E-state index contributed by atoms with van der Waals surface area (Å²) in [5.41, 5.74) is 5.16. The van der Waals surface area contributed by atoms with Crippen molar-refractivity contribution in [3.05, 3.63) is 58.1 Å². The Labute approximate surface area is 201 Å². The summed E-state index contributed by atoms with van der Waals surface area (Å²) < 4.78 is 0. The van der Waals surface area contributed by atoms with E-state index in [-0.39, 0.29) is 6.04 Å². The average molecular weight is 469 g/mol. The standard InChI is InChI=1S/C26H33ClN4O2/c1-18-21(27)9-6-10-22(18)29-26(33)25(32)28-17-24(31-14-4-3-5-15-31)20-11-12-23-19(16-20)8-7-13-30(23)2/h6,9-12,16,24H,3-5,7-8,13-15,17H2,1-2H3,(H,28,32)(H,29,33). The summed E-state index contributed by atoms with van der Waals surface area (Å²) in [5, 5.41) is 6.12. The number of aryl methyl sites for hydroxylation is 1. The van der Waals surface area contributed by atoms with Crippen molar-refractivity contribution in [2.24, 2.45) is 0 Å². The van der Waals surface area contributed by atoms with Crippen molar-refractivity contribution in [2.45, 2.75) is 45.1 Å². The number of hydrogen-bond acceptors (Lipinski definition) is 4. The Morgan fingerprint density at radius 2 is 1.82 bits per heavy atom. The molecule has 6 nitrogen and oxygen atoms in total. The minimum Gasteiger partial charge on any atom is -0.374 e. The van der Waals surface area contributed by atoms with Gasteiger partial charge in [-0.05, 0) is 80.6 Å². The van der Waals surface area contributed by atoms with E-state index in [1.165, 1.54) is 23.2 Å². The lowest BCUT2D eigenvalue weighted by atomic mass is 9.95. The zero-order valence-corrected chi connectivity index (χ0v) is 20.3. The first-order chi connectivity index (χ1) is 15.9. The Bertz CT molecular complexity index is 1020. The van der Waals surface area contributed by atoms with Crippen LogP contribution in [-0.2, 0) is 16.0 Å². The van der Waals surface area contributed by atoms with Crippen LogP contribution in [0, 0.1) is 6.92 Å². The molecular formula is C26H33ClN4O2. The van der Waals surface area contributed by atoms with Gasteiger partial charge in [-0.1, -0.05) is 36.2 Å². The van der Waals surface area contributed by atoms with Gasteiger partial charge in [0.25, 0.3) is 0 Å². The first kappa shape index (κ1) is 23.6. The third-order valence-corrected chi connectivity index (χ3v) is 7.26. The first-order valence-corrected chi connectivity index (χ1v) is 12.2. The van der Waals surface area contributed by atoms with Gasteiger partial charge in [0, 0.05) is 36.5 Å². The summed E-state index contributed by atoms with van der Waals surface area (Å²) in [4.78, 5) is 29.9. The van der Waals surface area contributed by atoms with Crippen LogP contribution in [0.15, 0.2) is 36.4 Å². The van der Waals surface area contributed by atoms with E-state index >= 15 is 0 Å². The molecule has 0 aliphatic carbocycles. The van der Waals surface area contributed by atoms with Crippen LogP contribution in [0.4, 0.5) is 11.4 Å². The molecule has 1 atom stereocenters. The highest BCUT2D eigenvalue weighted by molar-refractivity contribution is 6.40. The van der Waals surface area contributed by atoms with Gasteiger partial charge in [0.15, 0.2) is 0 Å². The van der Waals surface area contributed by atoms with E-state index in [0.29, 0.717) is 17.3 Å². The van der Waals surface area contributed by atoms with Crippen molar-refractivity contribution in [3.8, 4) is 0 Å². The number of anilines is 2. The van der Waals surface area contributed by atoms with Gasteiger partial charge in [-0.25, -0.2) is 0 Å². The molecule has 1 unspecified atom stereocenters. The molecular weight excluding hydrogens is 436 g/mol. The number of rotatable bonds is 5. The third kappa shape index (κ3) is 5.50.